The van der Waals surface area contributed by atoms with E-state index in [-0.39, 0.29) is 5.57 Å². The largest absolute Gasteiger partial charge is 0.493 e. The highest BCUT2D eigenvalue weighted by Crippen LogP contribution is 2.29. The van der Waals surface area contributed by atoms with Gasteiger partial charge in [0.1, 0.15) is 11.6 Å². The van der Waals surface area contributed by atoms with E-state index in [4.69, 9.17) is 21.1 Å². The SMILES string of the molecule is CCOc1cc(/C=C(\C#N)C(=O)Nc2ccccc2Cl)ccc1OC. The van der Waals surface area contributed by atoms with Crippen LogP contribution in [0.2, 0.25) is 5.02 Å². The second-order valence-electron chi connectivity index (χ2n) is 4.95. The van der Waals surface area contributed by atoms with Crippen molar-refractivity contribution in [1.82, 2.24) is 0 Å². The summed E-state index contributed by atoms with van der Waals surface area (Å²) in [5.41, 5.74) is 1.04. The summed E-state index contributed by atoms with van der Waals surface area (Å²) in [6.07, 6.45) is 1.48. The molecule has 0 radical (unpaired) electrons. The van der Waals surface area contributed by atoms with Gasteiger partial charge in [0.2, 0.25) is 0 Å². The Hall–Kier alpha value is -2.97. The molecule has 6 heteroatoms. The lowest BCUT2D eigenvalue weighted by Gasteiger charge is -2.10. The molecule has 0 heterocycles. The van der Waals surface area contributed by atoms with Crippen LogP contribution >= 0.6 is 11.6 Å². The molecule has 0 aliphatic carbocycles. The molecule has 0 spiro atoms. The molecule has 0 atom stereocenters. The molecule has 0 unspecified atom stereocenters. The molecule has 1 amide bonds. The van der Waals surface area contributed by atoms with Gasteiger partial charge in [-0.05, 0) is 42.8 Å². The quantitative estimate of drug-likeness (QED) is 0.619. The third-order valence-electron chi connectivity index (χ3n) is 3.29. The van der Waals surface area contributed by atoms with Crippen molar-refractivity contribution in [3.63, 3.8) is 0 Å². The van der Waals surface area contributed by atoms with Gasteiger partial charge >= 0.3 is 0 Å². The molecule has 0 saturated carbocycles. The monoisotopic (exact) mass is 356 g/mol. The number of nitriles is 1. The third-order valence-corrected chi connectivity index (χ3v) is 3.62. The number of nitrogens with one attached hydrogen (secondary N) is 1. The van der Waals surface area contributed by atoms with Gasteiger partial charge in [0.15, 0.2) is 11.5 Å². The van der Waals surface area contributed by atoms with Crippen molar-refractivity contribution >= 4 is 29.3 Å². The summed E-state index contributed by atoms with van der Waals surface area (Å²) in [7, 11) is 1.55. The summed E-state index contributed by atoms with van der Waals surface area (Å²) in [6, 6.07) is 13.9. The number of hydrogen-bond donors (Lipinski definition) is 1. The van der Waals surface area contributed by atoms with Crippen LogP contribution in [0.3, 0.4) is 0 Å². The van der Waals surface area contributed by atoms with E-state index in [2.05, 4.69) is 5.32 Å². The Kier molecular flexibility index (Phi) is 6.44. The Morgan fingerprint density at radius 3 is 2.68 bits per heavy atom. The average Bonchev–Trinajstić information content (AvgIpc) is 2.62. The molecule has 128 valence electrons. The number of carbonyl (C=O) groups excluding carboxylic acids is 1. The van der Waals surface area contributed by atoms with E-state index in [1.807, 2.05) is 13.0 Å². The fraction of sp³-hybridized carbons (Fsp3) is 0.158. The van der Waals surface area contributed by atoms with E-state index in [9.17, 15) is 10.1 Å². The van der Waals surface area contributed by atoms with Gasteiger partial charge in [-0.25, -0.2) is 0 Å². The Bertz CT molecular complexity index is 841. The predicted octanol–water partition coefficient (Wildman–Crippen LogP) is 4.29. The molecular weight excluding hydrogens is 340 g/mol. The maximum atomic E-state index is 12.3. The minimum absolute atomic E-state index is 0.0486. The van der Waals surface area contributed by atoms with Crippen LogP contribution in [0.25, 0.3) is 6.08 Å². The van der Waals surface area contributed by atoms with Gasteiger partial charge in [-0.1, -0.05) is 29.8 Å². The summed E-state index contributed by atoms with van der Waals surface area (Å²) >= 11 is 6.02. The number of halogens is 1. The molecule has 2 rings (SSSR count). The molecular formula is C19H17ClN2O3. The van der Waals surface area contributed by atoms with Crippen LogP contribution in [0, 0.1) is 11.3 Å². The fourth-order valence-corrected chi connectivity index (χ4v) is 2.30. The topological polar surface area (TPSA) is 71.3 Å². The molecule has 2 aromatic rings. The zero-order chi connectivity index (χ0) is 18.2. The second kappa shape index (κ2) is 8.76. The van der Waals surface area contributed by atoms with Crippen LogP contribution in [-0.2, 0) is 4.79 Å². The smallest absolute Gasteiger partial charge is 0.266 e. The molecule has 0 saturated heterocycles. The number of ether oxygens (including phenoxy) is 2. The lowest BCUT2D eigenvalue weighted by molar-refractivity contribution is -0.112. The van der Waals surface area contributed by atoms with Crippen LogP contribution in [0.4, 0.5) is 5.69 Å². The van der Waals surface area contributed by atoms with Crippen molar-refractivity contribution in [3.8, 4) is 17.6 Å². The van der Waals surface area contributed by atoms with E-state index < -0.39 is 5.91 Å². The van der Waals surface area contributed by atoms with Crippen molar-refractivity contribution < 1.29 is 14.3 Å². The van der Waals surface area contributed by atoms with Gasteiger partial charge in [0.25, 0.3) is 5.91 Å². The summed E-state index contributed by atoms with van der Waals surface area (Å²) in [5.74, 6) is 0.588. The minimum atomic E-state index is -0.538. The normalized spacial score (nSPS) is 10.7. The third kappa shape index (κ3) is 4.75. The maximum absolute atomic E-state index is 12.3. The van der Waals surface area contributed by atoms with Crippen molar-refractivity contribution in [2.75, 3.05) is 19.0 Å². The molecule has 0 aliphatic heterocycles. The molecule has 0 fully saturated rings. The lowest BCUT2D eigenvalue weighted by atomic mass is 10.1. The van der Waals surface area contributed by atoms with Crippen LogP contribution in [-0.4, -0.2) is 19.6 Å². The molecule has 5 nitrogen and oxygen atoms in total. The molecule has 0 aliphatic rings. The Morgan fingerprint density at radius 2 is 2.04 bits per heavy atom. The zero-order valence-electron chi connectivity index (χ0n) is 13.9. The minimum Gasteiger partial charge on any atom is -0.493 e. The number of benzene rings is 2. The highest BCUT2D eigenvalue weighted by atomic mass is 35.5. The van der Waals surface area contributed by atoms with E-state index >= 15 is 0 Å². The lowest BCUT2D eigenvalue weighted by Crippen LogP contribution is -2.13. The van der Waals surface area contributed by atoms with E-state index in [1.54, 1.807) is 49.6 Å². The highest BCUT2D eigenvalue weighted by molar-refractivity contribution is 6.34. The van der Waals surface area contributed by atoms with Crippen LogP contribution in [0.15, 0.2) is 48.0 Å². The summed E-state index contributed by atoms with van der Waals surface area (Å²) < 4.78 is 10.7. The Morgan fingerprint density at radius 1 is 1.28 bits per heavy atom. The predicted molar refractivity (Wildman–Crippen MR) is 97.8 cm³/mol. The first-order valence-electron chi connectivity index (χ1n) is 7.57. The standard InChI is InChI=1S/C19H17ClN2O3/c1-3-25-18-11-13(8-9-17(18)24-2)10-14(12-21)19(23)22-16-7-5-4-6-15(16)20/h4-11H,3H2,1-2H3,(H,22,23)/b14-10+. The van der Waals surface area contributed by atoms with E-state index in [0.29, 0.717) is 34.4 Å². The van der Waals surface area contributed by atoms with Gasteiger partial charge in [0.05, 0.1) is 24.4 Å². The zero-order valence-corrected chi connectivity index (χ0v) is 14.6. The van der Waals surface area contributed by atoms with Gasteiger partial charge in [0, 0.05) is 0 Å². The highest BCUT2D eigenvalue weighted by Gasteiger charge is 2.12. The van der Waals surface area contributed by atoms with Crippen molar-refractivity contribution in [2.45, 2.75) is 6.92 Å². The second-order valence-corrected chi connectivity index (χ2v) is 5.35. The maximum Gasteiger partial charge on any atom is 0.266 e. The number of methoxy groups -OCH3 is 1. The van der Waals surface area contributed by atoms with E-state index in [1.165, 1.54) is 6.08 Å². The van der Waals surface area contributed by atoms with E-state index in [0.717, 1.165) is 0 Å². The fourth-order valence-electron chi connectivity index (χ4n) is 2.12. The first kappa shape index (κ1) is 18.4. The average molecular weight is 357 g/mol. The van der Waals surface area contributed by atoms with Gasteiger partial charge in [-0.3, -0.25) is 4.79 Å². The Balaban J connectivity index is 2.28. The number of hydrogen-bond acceptors (Lipinski definition) is 4. The number of rotatable bonds is 6. The Labute approximate surface area is 151 Å². The number of para-hydroxylation sites is 1. The van der Waals surface area contributed by atoms with Crippen LogP contribution < -0.4 is 14.8 Å². The summed E-state index contributed by atoms with van der Waals surface area (Å²) in [6.45, 7) is 2.33. The first-order chi connectivity index (χ1) is 12.1. The molecule has 0 aromatic heterocycles. The van der Waals surface area contributed by atoms with Gasteiger partial charge in [-0.2, -0.15) is 5.26 Å². The van der Waals surface area contributed by atoms with Crippen LogP contribution in [0.5, 0.6) is 11.5 Å². The molecule has 0 bridgehead atoms. The summed E-state index contributed by atoms with van der Waals surface area (Å²) in [5, 5.41) is 12.3. The number of carbonyl (C=O) groups is 1. The van der Waals surface area contributed by atoms with Crippen molar-refractivity contribution in [2.24, 2.45) is 0 Å². The summed E-state index contributed by atoms with van der Waals surface area (Å²) in [4.78, 5) is 12.3. The van der Waals surface area contributed by atoms with Gasteiger partial charge < -0.3 is 14.8 Å². The molecule has 25 heavy (non-hydrogen) atoms. The van der Waals surface area contributed by atoms with Crippen molar-refractivity contribution in [3.05, 3.63) is 58.6 Å². The molecule has 2 aromatic carbocycles. The first-order valence-corrected chi connectivity index (χ1v) is 7.95. The number of amides is 1. The number of anilines is 1. The van der Waals surface area contributed by atoms with Crippen LogP contribution in [0.1, 0.15) is 12.5 Å². The van der Waals surface area contributed by atoms with Gasteiger partial charge in [-0.15, -0.1) is 0 Å². The number of nitrogens with zero attached hydrogens (tertiary/aromatic N) is 1. The molecule has 1 N–H and O–H groups in total. The van der Waals surface area contributed by atoms with Crippen molar-refractivity contribution in [1.29, 1.82) is 5.26 Å².